The molecule has 2 bridgehead atoms. The molecule has 2 aliphatic heterocycles. The molecule has 1 aromatic heterocycles. The zero-order chi connectivity index (χ0) is 13.9. The largest absolute Gasteiger partial charge is 0.311 e. The fourth-order valence-corrected chi connectivity index (χ4v) is 4.25. The maximum absolute atomic E-state index is 12.1. The van der Waals surface area contributed by atoms with Crippen LogP contribution in [0, 0.1) is 5.92 Å². The number of anilines is 1. The minimum atomic E-state index is 0.0931. The number of piperidine rings is 1. The molecule has 1 amide bonds. The summed E-state index contributed by atoms with van der Waals surface area (Å²) in [6.07, 6.45) is 7.45. The van der Waals surface area contributed by atoms with Crippen LogP contribution in [0.4, 0.5) is 5.13 Å². The van der Waals surface area contributed by atoms with Gasteiger partial charge in [0.1, 0.15) is 5.01 Å². The second-order valence-electron chi connectivity index (χ2n) is 5.98. The van der Waals surface area contributed by atoms with Crippen LogP contribution < -0.4 is 10.6 Å². The second kappa shape index (κ2) is 6.18. The van der Waals surface area contributed by atoms with E-state index in [0.29, 0.717) is 29.6 Å². The van der Waals surface area contributed by atoms with E-state index in [1.165, 1.54) is 24.2 Å². The van der Waals surface area contributed by atoms with Gasteiger partial charge in [-0.25, -0.2) is 0 Å². The van der Waals surface area contributed by atoms with Gasteiger partial charge in [0.2, 0.25) is 11.0 Å². The summed E-state index contributed by atoms with van der Waals surface area (Å²) < 4.78 is 0. The monoisotopic (exact) mass is 294 g/mol. The molecular weight excluding hydrogens is 272 g/mol. The fraction of sp³-hybridized carbons (Fsp3) is 0.786. The summed E-state index contributed by atoms with van der Waals surface area (Å²) in [6.45, 7) is 2.12. The molecule has 0 saturated carbocycles. The van der Waals surface area contributed by atoms with Gasteiger partial charge in [-0.1, -0.05) is 18.3 Å². The molecule has 2 atom stereocenters. The van der Waals surface area contributed by atoms with Gasteiger partial charge in [0.05, 0.1) is 0 Å². The molecule has 2 unspecified atom stereocenters. The lowest BCUT2D eigenvalue weighted by molar-refractivity contribution is -0.117. The van der Waals surface area contributed by atoms with E-state index < -0.39 is 0 Å². The Balaban J connectivity index is 1.49. The number of nitrogens with one attached hydrogen (secondary N) is 2. The van der Waals surface area contributed by atoms with Gasteiger partial charge in [-0.3, -0.25) is 4.79 Å². The summed E-state index contributed by atoms with van der Waals surface area (Å²) in [5.74, 6) is 0.618. The summed E-state index contributed by atoms with van der Waals surface area (Å²) in [5.41, 5.74) is 0. The molecule has 0 aromatic carbocycles. The van der Waals surface area contributed by atoms with Crippen molar-refractivity contribution >= 4 is 22.4 Å². The van der Waals surface area contributed by atoms with Crippen molar-refractivity contribution in [3.05, 3.63) is 5.01 Å². The van der Waals surface area contributed by atoms with Gasteiger partial charge in [0, 0.05) is 24.9 Å². The molecule has 5 nitrogen and oxygen atoms in total. The van der Waals surface area contributed by atoms with Crippen LogP contribution in [-0.4, -0.2) is 28.2 Å². The molecule has 2 fully saturated rings. The maximum atomic E-state index is 12.1. The lowest BCUT2D eigenvalue weighted by Gasteiger charge is -2.28. The SMILES string of the molecule is CCCc1nnc(NC(=O)CC2CC3CCC(C2)N3)s1. The van der Waals surface area contributed by atoms with Gasteiger partial charge in [-0.05, 0) is 38.0 Å². The quantitative estimate of drug-likeness (QED) is 0.875. The first-order chi connectivity index (χ1) is 9.72. The van der Waals surface area contributed by atoms with Crippen LogP contribution in [0.5, 0.6) is 0 Å². The molecule has 0 spiro atoms. The van der Waals surface area contributed by atoms with Gasteiger partial charge < -0.3 is 10.6 Å². The topological polar surface area (TPSA) is 66.9 Å². The van der Waals surface area contributed by atoms with Crippen molar-refractivity contribution < 1.29 is 4.79 Å². The molecule has 2 saturated heterocycles. The van der Waals surface area contributed by atoms with Crippen molar-refractivity contribution in [2.24, 2.45) is 5.92 Å². The lowest BCUT2D eigenvalue weighted by atomic mass is 9.89. The second-order valence-corrected chi connectivity index (χ2v) is 7.04. The number of amides is 1. The Kier molecular flexibility index (Phi) is 4.31. The number of nitrogens with zero attached hydrogens (tertiary/aromatic N) is 2. The van der Waals surface area contributed by atoms with Crippen molar-refractivity contribution in [3.8, 4) is 0 Å². The standard InChI is InChI=1S/C14H22N4OS/c1-2-3-13-17-18-14(20-13)16-12(19)8-9-6-10-4-5-11(7-9)15-10/h9-11,15H,2-8H2,1H3,(H,16,18,19). The normalized spacial score (nSPS) is 28.6. The van der Waals surface area contributed by atoms with E-state index in [1.54, 1.807) is 0 Å². The lowest BCUT2D eigenvalue weighted by Crippen LogP contribution is -2.39. The molecule has 110 valence electrons. The van der Waals surface area contributed by atoms with E-state index in [-0.39, 0.29) is 5.91 Å². The first-order valence-corrected chi connectivity index (χ1v) is 8.43. The third-order valence-electron chi connectivity index (χ3n) is 4.22. The van der Waals surface area contributed by atoms with E-state index in [1.807, 2.05) is 0 Å². The maximum Gasteiger partial charge on any atom is 0.226 e. The molecule has 6 heteroatoms. The van der Waals surface area contributed by atoms with Crippen LogP contribution in [0.1, 0.15) is 50.5 Å². The Labute approximate surface area is 123 Å². The molecule has 2 N–H and O–H groups in total. The highest BCUT2D eigenvalue weighted by Crippen LogP contribution is 2.32. The Morgan fingerprint density at radius 2 is 2.10 bits per heavy atom. The van der Waals surface area contributed by atoms with E-state index in [4.69, 9.17) is 0 Å². The van der Waals surface area contributed by atoms with Crippen molar-refractivity contribution in [2.45, 2.75) is 64.0 Å². The average molecular weight is 294 g/mol. The Hall–Kier alpha value is -1.01. The molecule has 1 aromatic rings. The first kappa shape index (κ1) is 13.9. The van der Waals surface area contributed by atoms with Crippen LogP contribution in [-0.2, 0) is 11.2 Å². The predicted molar refractivity (Wildman–Crippen MR) is 79.8 cm³/mol. The van der Waals surface area contributed by atoms with Gasteiger partial charge in [-0.15, -0.1) is 10.2 Å². The molecule has 2 aliphatic rings. The highest BCUT2D eigenvalue weighted by Gasteiger charge is 2.34. The highest BCUT2D eigenvalue weighted by atomic mass is 32.1. The number of hydrogen-bond donors (Lipinski definition) is 2. The van der Waals surface area contributed by atoms with Crippen molar-refractivity contribution in [1.82, 2.24) is 15.5 Å². The molecule has 0 aliphatic carbocycles. The summed E-state index contributed by atoms with van der Waals surface area (Å²) in [4.78, 5) is 12.1. The molecule has 3 rings (SSSR count). The van der Waals surface area contributed by atoms with Crippen molar-refractivity contribution in [2.75, 3.05) is 5.32 Å². The number of carbonyl (C=O) groups excluding carboxylic acids is 1. The highest BCUT2D eigenvalue weighted by molar-refractivity contribution is 7.15. The Bertz CT molecular complexity index is 463. The summed E-state index contributed by atoms with van der Waals surface area (Å²) in [7, 11) is 0. The van der Waals surface area contributed by atoms with Crippen LogP contribution in [0.15, 0.2) is 0 Å². The number of fused-ring (bicyclic) bond motifs is 2. The Morgan fingerprint density at radius 3 is 2.80 bits per heavy atom. The molecular formula is C14H22N4OS. The molecule has 0 radical (unpaired) electrons. The average Bonchev–Trinajstić information content (AvgIpc) is 2.97. The minimum absolute atomic E-state index is 0.0931. The fourth-order valence-electron chi connectivity index (χ4n) is 3.39. The smallest absolute Gasteiger partial charge is 0.226 e. The van der Waals surface area contributed by atoms with Gasteiger partial charge in [0.25, 0.3) is 0 Å². The minimum Gasteiger partial charge on any atom is -0.311 e. The molecule has 3 heterocycles. The van der Waals surface area contributed by atoms with Gasteiger partial charge in [0.15, 0.2) is 0 Å². The summed E-state index contributed by atoms with van der Waals surface area (Å²) in [6, 6.07) is 1.29. The van der Waals surface area contributed by atoms with E-state index in [0.717, 1.165) is 30.7 Å². The summed E-state index contributed by atoms with van der Waals surface area (Å²) in [5, 5.41) is 16.3. The van der Waals surface area contributed by atoms with Crippen molar-refractivity contribution in [1.29, 1.82) is 0 Å². The number of aryl methyl sites for hydroxylation is 1. The van der Waals surface area contributed by atoms with Crippen LogP contribution in [0.3, 0.4) is 0 Å². The zero-order valence-electron chi connectivity index (χ0n) is 11.9. The first-order valence-electron chi connectivity index (χ1n) is 7.61. The van der Waals surface area contributed by atoms with Crippen LogP contribution in [0.2, 0.25) is 0 Å². The third-order valence-corrected chi connectivity index (χ3v) is 5.12. The third kappa shape index (κ3) is 3.35. The number of rotatable bonds is 5. The van der Waals surface area contributed by atoms with Crippen LogP contribution in [0.25, 0.3) is 0 Å². The number of hydrogen-bond acceptors (Lipinski definition) is 5. The number of carbonyl (C=O) groups is 1. The van der Waals surface area contributed by atoms with Gasteiger partial charge in [-0.2, -0.15) is 0 Å². The van der Waals surface area contributed by atoms with Gasteiger partial charge >= 0.3 is 0 Å². The number of aromatic nitrogens is 2. The van der Waals surface area contributed by atoms with Crippen molar-refractivity contribution in [3.63, 3.8) is 0 Å². The van der Waals surface area contributed by atoms with E-state index in [2.05, 4.69) is 27.8 Å². The van der Waals surface area contributed by atoms with Crippen LogP contribution >= 0.6 is 11.3 Å². The molecule has 20 heavy (non-hydrogen) atoms. The predicted octanol–water partition coefficient (Wildman–Crippen LogP) is 2.35. The summed E-state index contributed by atoms with van der Waals surface area (Å²) >= 11 is 1.49. The van der Waals surface area contributed by atoms with E-state index in [9.17, 15) is 4.79 Å². The zero-order valence-corrected chi connectivity index (χ0v) is 12.7. The van der Waals surface area contributed by atoms with E-state index >= 15 is 0 Å². The Morgan fingerprint density at radius 1 is 1.35 bits per heavy atom.